The zero-order valence-electron chi connectivity index (χ0n) is 14.8. The van der Waals surface area contributed by atoms with Gasteiger partial charge in [0.05, 0.1) is 18.4 Å². The molecule has 1 atom stereocenters. The van der Waals surface area contributed by atoms with Gasteiger partial charge in [-0.15, -0.1) is 0 Å². The van der Waals surface area contributed by atoms with E-state index in [1.54, 1.807) is 36.4 Å². The fraction of sp³-hybridized carbons (Fsp3) is 0.263. The lowest BCUT2D eigenvalue weighted by atomic mass is 10.2. The van der Waals surface area contributed by atoms with Crippen molar-refractivity contribution < 1.29 is 19.1 Å². The summed E-state index contributed by atoms with van der Waals surface area (Å²) in [5.41, 5.74) is 1.88. The summed E-state index contributed by atoms with van der Waals surface area (Å²) < 4.78 is 10.4. The number of rotatable bonds is 6. The molecule has 0 aromatic heterocycles. The summed E-state index contributed by atoms with van der Waals surface area (Å²) in [6, 6.07) is 14.0. The number of carbonyl (C=O) groups excluding carboxylic acids is 2. The Hall–Kier alpha value is -3.02. The van der Waals surface area contributed by atoms with Crippen LogP contribution in [0.25, 0.3) is 0 Å². The quantitative estimate of drug-likeness (QED) is 0.818. The number of hydrogen-bond acceptors (Lipinski definition) is 5. The summed E-state index contributed by atoms with van der Waals surface area (Å²) in [6.45, 7) is 1.52. The number of anilines is 2. The number of carbonyl (C=O) groups is 2. The number of ether oxygens (including phenoxy) is 2. The SMILES string of the molecule is COc1ccccc1NC(=O)[C@H](C)OC(=O)c1ccc(N(C)C)cc1. The van der Waals surface area contributed by atoms with Crippen LogP contribution < -0.4 is 15.0 Å². The molecule has 2 aromatic rings. The van der Waals surface area contributed by atoms with Gasteiger partial charge in [-0.3, -0.25) is 4.79 Å². The van der Waals surface area contributed by atoms with E-state index in [1.165, 1.54) is 14.0 Å². The summed E-state index contributed by atoms with van der Waals surface area (Å²) in [5, 5.41) is 2.69. The minimum atomic E-state index is -0.939. The minimum Gasteiger partial charge on any atom is -0.495 e. The maximum Gasteiger partial charge on any atom is 0.338 e. The molecule has 0 aliphatic heterocycles. The standard InChI is InChI=1S/C19H22N2O4/c1-13(18(22)20-16-7-5-6-8-17(16)24-4)25-19(23)14-9-11-15(12-10-14)21(2)3/h5-13H,1-4H3,(H,20,22)/t13-/m0/s1. The molecular formula is C19H22N2O4. The van der Waals surface area contributed by atoms with Crippen molar-refractivity contribution in [2.75, 3.05) is 31.4 Å². The van der Waals surface area contributed by atoms with E-state index >= 15 is 0 Å². The summed E-state index contributed by atoms with van der Waals surface area (Å²) in [4.78, 5) is 26.3. The molecule has 0 radical (unpaired) electrons. The molecule has 2 rings (SSSR count). The van der Waals surface area contributed by atoms with Crippen LogP contribution in [0.3, 0.4) is 0 Å². The second kappa shape index (κ2) is 8.19. The largest absolute Gasteiger partial charge is 0.495 e. The maximum atomic E-state index is 12.2. The molecule has 0 heterocycles. The van der Waals surface area contributed by atoms with Crippen LogP contribution in [0.15, 0.2) is 48.5 Å². The topological polar surface area (TPSA) is 67.9 Å². The van der Waals surface area contributed by atoms with E-state index in [0.29, 0.717) is 17.0 Å². The Labute approximate surface area is 147 Å². The predicted octanol–water partition coefficient (Wildman–Crippen LogP) is 2.95. The van der Waals surface area contributed by atoms with E-state index in [9.17, 15) is 9.59 Å². The van der Waals surface area contributed by atoms with Gasteiger partial charge in [0.25, 0.3) is 5.91 Å². The summed E-state index contributed by atoms with van der Waals surface area (Å²) in [7, 11) is 5.35. The molecule has 0 bridgehead atoms. The number of para-hydroxylation sites is 2. The first-order valence-corrected chi connectivity index (χ1v) is 7.84. The Morgan fingerprint density at radius 2 is 1.68 bits per heavy atom. The van der Waals surface area contributed by atoms with E-state index in [2.05, 4.69) is 5.32 Å². The minimum absolute atomic E-state index is 0.391. The van der Waals surface area contributed by atoms with E-state index in [-0.39, 0.29) is 0 Å². The zero-order valence-corrected chi connectivity index (χ0v) is 14.8. The Bertz CT molecular complexity index is 741. The van der Waals surface area contributed by atoms with Crippen LogP contribution in [0.4, 0.5) is 11.4 Å². The van der Waals surface area contributed by atoms with Crippen molar-refractivity contribution >= 4 is 23.3 Å². The summed E-state index contributed by atoms with van der Waals surface area (Å²) in [5.74, 6) is -0.440. The predicted molar refractivity (Wildman–Crippen MR) is 97.3 cm³/mol. The molecule has 25 heavy (non-hydrogen) atoms. The molecule has 0 aliphatic rings. The Morgan fingerprint density at radius 3 is 2.28 bits per heavy atom. The molecule has 6 nitrogen and oxygen atoms in total. The van der Waals surface area contributed by atoms with Crippen molar-refractivity contribution in [3.63, 3.8) is 0 Å². The normalized spacial score (nSPS) is 11.4. The fourth-order valence-electron chi connectivity index (χ4n) is 2.16. The smallest absolute Gasteiger partial charge is 0.338 e. The third-order valence-electron chi connectivity index (χ3n) is 3.64. The average Bonchev–Trinajstić information content (AvgIpc) is 2.62. The van der Waals surface area contributed by atoms with Gasteiger partial charge in [-0.1, -0.05) is 12.1 Å². The highest BCUT2D eigenvalue weighted by Crippen LogP contribution is 2.23. The van der Waals surface area contributed by atoms with Crippen molar-refractivity contribution in [3.8, 4) is 5.75 Å². The highest BCUT2D eigenvalue weighted by molar-refractivity contribution is 5.98. The van der Waals surface area contributed by atoms with Gasteiger partial charge in [0.15, 0.2) is 6.10 Å². The molecule has 1 amide bonds. The first-order chi connectivity index (χ1) is 11.9. The molecule has 0 unspecified atom stereocenters. The van der Waals surface area contributed by atoms with Crippen molar-refractivity contribution in [2.24, 2.45) is 0 Å². The number of methoxy groups -OCH3 is 1. The number of amides is 1. The monoisotopic (exact) mass is 342 g/mol. The lowest BCUT2D eigenvalue weighted by molar-refractivity contribution is -0.123. The van der Waals surface area contributed by atoms with Gasteiger partial charge in [-0.25, -0.2) is 4.79 Å². The van der Waals surface area contributed by atoms with Crippen molar-refractivity contribution in [3.05, 3.63) is 54.1 Å². The third-order valence-corrected chi connectivity index (χ3v) is 3.64. The van der Waals surface area contributed by atoms with Gasteiger partial charge in [0.1, 0.15) is 5.75 Å². The first-order valence-electron chi connectivity index (χ1n) is 7.84. The second-order valence-electron chi connectivity index (χ2n) is 5.68. The van der Waals surface area contributed by atoms with Crippen LogP contribution in [0.5, 0.6) is 5.75 Å². The van der Waals surface area contributed by atoms with Gasteiger partial charge < -0.3 is 19.7 Å². The number of nitrogens with zero attached hydrogens (tertiary/aromatic N) is 1. The van der Waals surface area contributed by atoms with Crippen LogP contribution in [-0.4, -0.2) is 39.2 Å². The fourth-order valence-corrected chi connectivity index (χ4v) is 2.16. The van der Waals surface area contributed by atoms with E-state index < -0.39 is 18.0 Å². The summed E-state index contributed by atoms with van der Waals surface area (Å²) in [6.07, 6.45) is -0.939. The second-order valence-corrected chi connectivity index (χ2v) is 5.68. The van der Waals surface area contributed by atoms with Gasteiger partial charge in [-0.05, 0) is 43.3 Å². The Balaban J connectivity index is 1.99. The molecule has 0 saturated heterocycles. The molecule has 6 heteroatoms. The maximum absolute atomic E-state index is 12.2. The molecule has 2 aromatic carbocycles. The lowest BCUT2D eigenvalue weighted by Gasteiger charge is -2.16. The van der Waals surface area contributed by atoms with Gasteiger partial charge in [0, 0.05) is 19.8 Å². The molecule has 0 fully saturated rings. The molecule has 0 aliphatic carbocycles. The molecule has 132 valence electrons. The van der Waals surface area contributed by atoms with Crippen LogP contribution in [0.1, 0.15) is 17.3 Å². The number of nitrogens with one attached hydrogen (secondary N) is 1. The average molecular weight is 342 g/mol. The van der Waals surface area contributed by atoms with Crippen molar-refractivity contribution in [2.45, 2.75) is 13.0 Å². The third kappa shape index (κ3) is 4.73. The Morgan fingerprint density at radius 1 is 1.04 bits per heavy atom. The van der Waals surface area contributed by atoms with Crippen LogP contribution in [0, 0.1) is 0 Å². The zero-order chi connectivity index (χ0) is 18.4. The van der Waals surface area contributed by atoms with E-state index in [4.69, 9.17) is 9.47 Å². The van der Waals surface area contributed by atoms with E-state index in [1.807, 2.05) is 31.1 Å². The Kier molecular flexibility index (Phi) is 6.00. The van der Waals surface area contributed by atoms with Gasteiger partial charge >= 0.3 is 5.97 Å². The highest BCUT2D eigenvalue weighted by Gasteiger charge is 2.20. The van der Waals surface area contributed by atoms with Crippen molar-refractivity contribution in [1.29, 1.82) is 0 Å². The number of hydrogen-bond donors (Lipinski definition) is 1. The van der Waals surface area contributed by atoms with Crippen molar-refractivity contribution in [1.82, 2.24) is 0 Å². The molecule has 0 spiro atoms. The molecule has 1 N–H and O–H groups in total. The summed E-state index contributed by atoms with van der Waals surface area (Å²) >= 11 is 0. The molecule has 0 saturated carbocycles. The lowest BCUT2D eigenvalue weighted by Crippen LogP contribution is -2.30. The van der Waals surface area contributed by atoms with Gasteiger partial charge in [0.2, 0.25) is 0 Å². The van der Waals surface area contributed by atoms with Crippen LogP contribution in [0.2, 0.25) is 0 Å². The number of benzene rings is 2. The highest BCUT2D eigenvalue weighted by atomic mass is 16.5. The number of esters is 1. The molecular weight excluding hydrogens is 320 g/mol. The van der Waals surface area contributed by atoms with E-state index in [0.717, 1.165) is 5.69 Å². The van der Waals surface area contributed by atoms with Crippen LogP contribution in [-0.2, 0) is 9.53 Å². The van der Waals surface area contributed by atoms with Crippen LogP contribution >= 0.6 is 0 Å². The van der Waals surface area contributed by atoms with Gasteiger partial charge in [-0.2, -0.15) is 0 Å². The first kappa shape index (κ1) is 18.3.